The van der Waals surface area contributed by atoms with E-state index in [0.29, 0.717) is 6.04 Å². The predicted molar refractivity (Wildman–Crippen MR) is 89.2 cm³/mol. The van der Waals surface area contributed by atoms with Crippen molar-refractivity contribution in [3.63, 3.8) is 0 Å². The predicted octanol–water partition coefficient (Wildman–Crippen LogP) is 5.06. The van der Waals surface area contributed by atoms with Crippen molar-refractivity contribution in [3.05, 3.63) is 52.8 Å². The van der Waals surface area contributed by atoms with Crippen LogP contribution < -0.4 is 5.32 Å². The zero-order valence-corrected chi connectivity index (χ0v) is 14.2. The van der Waals surface area contributed by atoms with Gasteiger partial charge in [0.2, 0.25) is 0 Å². The second-order valence-electron chi connectivity index (χ2n) is 4.49. The van der Waals surface area contributed by atoms with Gasteiger partial charge in [0.25, 0.3) is 0 Å². The molecule has 0 spiro atoms. The Morgan fingerprint density at radius 2 is 1.80 bits per heavy atom. The van der Waals surface area contributed by atoms with E-state index in [0.717, 1.165) is 23.1 Å². The van der Waals surface area contributed by atoms with E-state index in [1.165, 1.54) is 9.79 Å². The minimum atomic E-state index is 0.353. The molecule has 2 nitrogen and oxygen atoms in total. The summed E-state index contributed by atoms with van der Waals surface area (Å²) in [5.74, 6) is 0. The minimum Gasteiger partial charge on any atom is -0.309 e. The third-order valence-electron chi connectivity index (χ3n) is 3.02. The van der Waals surface area contributed by atoms with Crippen LogP contribution in [0.25, 0.3) is 0 Å². The number of nitrogens with zero attached hydrogens (tertiary/aromatic N) is 1. The maximum absolute atomic E-state index is 4.59. The smallest absolute Gasteiger partial charge is 0.0573 e. The number of hydrogen-bond donors (Lipinski definition) is 1. The van der Waals surface area contributed by atoms with Crippen molar-refractivity contribution in [2.24, 2.45) is 0 Å². The summed E-state index contributed by atoms with van der Waals surface area (Å²) in [6.45, 7) is 5.27. The van der Waals surface area contributed by atoms with Gasteiger partial charge in [-0.2, -0.15) is 0 Å². The highest BCUT2D eigenvalue weighted by molar-refractivity contribution is 9.10. The second-order valence-corrected chi connectivity index (χ2v) is 6.56. The lowest BCUT2D eigenvalue weighted by Gasteiger charge is -2.15. The van der Waals surface area contributed by atoms with Crippen LogP contribution in [0.1, 0.15) is 32.0 Å². The molecule has 0 aliphatic rings. The fourth-order valence-corrected chi connectivity index (χ4v) is 3.05. The lowest BCUT2D eigenvalue weighted by molar-refractivity contribution is 0.524. The maximum Gasteiger partial charge on any atom is 0.0573 e. The molecule has 106 valence electrons. The first-order valence-corrected chi connectivity index (χ1v) is 8.46. The van der Waals surface area contributed by atoms with Gasteiger partial charge in [0.05, 0.1) is 5.69 Å². The molecule has 1 atom stereocenters. The Balaban J connectivity index is 2.06. The monoisotopic (exact) mass is 350 g/mol. The molecule has 1 aromatic heterocycles. The average molecular weight is 351 g/mol. The van der Waals surface area contributed by atoms with Gasteiger partial charge in [-0.3, -0.25) is 4.98 Å². The number of pyridine rings is 1. The molecule has 0 aliphatic carbocycles. The zero-order chi connectivity index (χ0) is 14.4. The number of halogens is 1. The molecule has 2 rings (SSSR count). The number of benzene rings is 1. The van der Waals surface area contributed by atoms with Crippen molar-refractivity contribution in [1.29, 1.82) is 0 Å². The average Bonchev–Trinajstić information content (AvgIpc) is 2.48. The van der Waals surface area contributed by atoms with Crippen LogP contribution in [0.2, 0.25) is 0 Å². The Labute approximate surface area is 133 Å². The first-order valence-electron chi connectivity index (χ1n) is 6.85. The van der Waals surface area contributed by atoms with Crippen LogP contribution in [-0.2, 0) is 0 Å². The lowest BCUT2D eigenvalue weighted by atomic mass is 10.1. The van der Waals surface area contributed by atoms with Crippen molar-refractivity contribution in [3.8, 4) is 0 Å². The Morgan fingerprint density at radius 3 is 2.35 bits per heavy atom. The molecule has 2 aromatic rings. The van der Waals surface area contributed by atoms with Crippen LogP contribution in [0.4, 0.5) is 0 Å². The SMILES string of the molecule is CCNC(CC)c1ccc(Sc2ccc(Br)cc2)cn1. The van der Waals surface area contributed by atoms with Gasteiger partial charge in [-0.1, -0.05) is 41.5 Å². The molecule has 1 heterocycles. The van der Waals surface area contributed by atoms with E-state index in [1.54, 1.807) is 11.8 Å². The van der Waals surface area contributed by atoms with Gasteiger partial charge < -0.3 is 5.32 Å². The Morgan fingerprint density at radius 1 is 1.10 bits per heavy atom. The number of rotatable bonds is 6. The first kappa shape index (κ1) is 15.5. The van der Waals surface area contributed by atoms with E-state index in [-0.39, 0.29) is 0 Å². The second kappa shape index (κ2) is 7.81. The summed E-state index contributed by atoms with van der Waals surface area (Å²) in [5, 5.41) is 3.45. The standard InChI is InChI=1S/C16H19BrN2S/c1-3-15(18-4-2)16-10-9-14(11-19-16)20-13-7-5-12(17)6-8-13/h5-11,15,18H,3-4H2,1-2H3. The topological polar surface area (TPSA) is 24.9 Å². The summed E-state index contributed by atoms with van der Waals surface area (Å²) in [5.41, 5.74) is 1.12. The number of aromatic nitrogens is 1. The van der Waals surface area contributed by atoms with Crippen molar-refractivity contribution in [2.45, 2.75) is 36.1 Å². The van der Waals surface area contributed by atoms with Gasteiger partial charge in [0.1, 0.15) is 0 Å². The molecule has 0 radical (unpaired) electrons. The van der Waals surface area contributed by atoms with Gasteiger partial charge in [-0.25, -0.2) is 0 Å². The van der Waals surface area contributed by atoms with Gasteiger partial charge in [-0.05, 0) is 49.4 Å². The molecule has 1 N–H and O–H groups in total. The summed E-state index contributed by atoms with van der Waals surface area (Å²) in [4.78, 5) is 6.98. The highest BCUT2D eigenvalue weighted by Crippen LogP contribution is 2.28. The fourth-order valence-electron chi connectivity index (χ4n) is 2.00. The van der Waals surface area contributed by atoms with Gasteiger partial charge >= 0.3 is 0 Å². The third-order valence-corrected chi connectivity index (χ3v) is 4.54. The molecular weight excluding hydrogens is 332 g/mol. The Kier molecular flexibility index (Phi) is 6.07. The van der Waals surface area contributed by atoms with Crippen LogP contribution in [0.15, 0.2) is 56.9 Å². The molecule has 1 aromatic carbocycles. The third kappa shape index (κ3) is 4.33. The molecule has 0 saturated carbocycles. The summed E-state index contributed by atoms with van der Waals surface area (Å²) in [7, 11) is 0. The van der Waals surface area contributed by atoms with E-state index < -0.39 is 0 Å². The van der Waals surface area contributed by atoms with Crippen LogP contribution in [-0.4, -0.2) is 11.5 Å². The Bertz CT molecular complexity index is 525. The molecule has 20 heavy (non-hydrogen) atoms. The minimum absolute atomic E-state index is 0.353. The summed E-state index contributed by atoms with van der Waals surface area (Å²) in [6.07, 6.45) is 3.02. The van der Waals surface area contributed by atoms with Crippen molar-refractivity contribution < 1.29 is 0 Å². The summed E-state index contributed by atoms with van der Waals surface area (Å²) >= 11 is 5.18. The molecular formula is C16H19BrN2S. The highest BCUT2D eigenvalue weighted by atomic mass is 79.9. The number of nitrogens with one attached hydrogen (secondary N) is 1. The van der Waals surface area contributed by atoms with E-state index in [9.17, 15) is 0 Å². The summed E-state index contributed by atoms with van der Waals surface area (Å²) in [6, 6.07) is 13.0. The molecule has 0 aliphatic heterocycles. The van der Waals surface area contributed by atoms with Crippen LogP contribution >= 0.6 is 27.7 Å². The molecule has 0 amide bonds. The van der Waals surface area contributed by atoms with Crippen molar-refractivity contribution >= 4 is 27.7 Å². The van der Waals surface area contributed by atoms with Gasteiger partial charge in [0, 0.05) is 26.5 Å². The zero-order valence-electron chi connectivity index (χ0n) is 11.8. The van der Waals surface area contributed by atoms with E-state index in [1.807, 2.05) is 6.20 Å². The lowest BCUT2D eigenvalue weighted by Crippen LogP contribution is -2.20. The quantitative estimate of drug-likeness (QED) is 0.788. The normalized spacial score (nSPS) is 12.3. The number of hydrogen-bond acceptors (Lipinski definition) is 3. The molecule has 0 saturated heterocycles. The van der Waals surface area contributed by atoms with Gasteiger partial charge in [-0.15, -0.1) is 0 Å². The molecule has 1 unspecified atom stereocenters. The van der Waals surface area contributed by atoms with Gasteiger partial charge in [0.15, 0.2) is 0 Å². The molecule has 0 bridgehead atoms. The van der Waals surface area contributed by atoms with Crippen LogP contribution in [0.3, 0.4) is 0 Å². The summed E-state index contributed by atoms with van der Waals surface area (Å²) < 4.78 is 1.10. The maximum atomic E-state index is 4.59. The highest BCUT2D eigenvalue weighted by Gasteiger charge is 2.09. The van der Waals surface area contributed by atoms with Crippen LogP contribution in [0, 0.1) is 0 Å². The largest absolute Gasteiger partial charge is 0.309 e. The van der Waals surface area contributed by atoms with Crippen LogP contribution in [0.5, 0.6) is 0 Å². The van der Waals surface area contributed by atoms with Crippen molar-refractivity contribution in [1.82, 2.24) is 10.3 Å². The van der Waals surface area contributed by atoms with E-state index >= 15 is 0 Å². The van der Waals surface area contributed by atoms with Crippen molar-refractivity contribution in [2.75, 3.05) is 6.54 Å². The fraction of sp³-hybridized carbons (Fsp3) is 0.312. The van der Waals surface area contributed by atoms with E-state index in [2.05, 4.69) is 76.5 Å². The molecule has 4 heteroatoms. The van der Waals surface area contributed by atoms with E-state index in [4.69, 9.17) is 0 Å². The first-order chi connectivity index (χ1) is 9.72. The molecule has 0 fully saturated rings. The Hall–Kier alpha value is -0.840.